The molecular weight excluding hydrogens is 104 g/mol. The number of rotatable bonds is 0. The highest BCUT2D eigenvalue weighted by molar-refractivity contribution is 5.14. The standard InChI is InChI=1S/C5H8N2O/c1-4-2-3-5(8)7-6-4/h2-3,6-8H,1H3. The van der Waals surface area contributed by atoms with Crippen molar-refractivity contribution in [2.45, 2.75) is 6.92 Å². The summed E-state index contributed by atoms with van der Waals surface area (Å²) in [7, 11) is 0. The molecule has 1 aliphatic rings. The van der Waals surface area contributed by atoms with Crippen LogP contribution in [0.5, 0.6) is 0 Å². The lowest BCUT2D eigenvalue weighted by molar-refractivity contribution is 0.344. The molecule has 3 nitrogen and oxygen atoms in total. The Morgan fingerprint density at radius 2 is 2.12 bits per heavy atom. The van der Waals surface area contributed by atoms with Crippen LogP contribution >= 0.6 is 0 Å². The number of hydrazine groups is 1. The average molecular weight is 112 g/mol. The third-order valence-electron chi connectivity index (χ3n) is 0.879. The smallest absolute Gasteiger partial charge is 0.203 e. The average Bonchev–Trinajstić information content (AvgIpc) is 1.77. The Kier molecular flexibility index (Phi) is 1.12. The molecule has 1 aliphatic heterocycles. The van der Waals surface area contributed by atoms with Crippen molar-refractivity contribution in [2.24, 2.45) is 0 Å². The molecule has 44 valence electrons. The van der Waals surface area contributed by atoms with E-state index in [1.165, 1.54) is 0 Å². The number of hydrogen-bond donors (Lipinski definition) is 3. The SMILES string of the molecule is CC1=CC=C(O)NN1. The van der Waals surface area contributed by atoms with Gasteiger partial charge in [-0.25, -0.2) is 0 Å². The van der Waals surface area contributed by atoms with E-state index in [1.807, 2.05) is 6.92 Å². The highest BCUT2D eigenvalue weighted by atomic mass is 16.3. The number of hydrogen-bond acceptors (Lipinski definition) is 3. The van der Waals surface area contributed by atoms with Gasteiger partial charge in [0.2, 0.25) is 5.88 Å². The lowest BCUT2D eigenvalue weighted by Gasteiger charge is -2.11. The first kappa shape index (κ1) is 5.03. The number of nitrogens with one attached hydrogen (secondary N) is 2. The van der Waals surface area contributed by atoms with Crippen LogP contribution in [0.3, 0.4) is 0 Å². The third-order valence-corrected chi connectivity index (χ3v) is 0.879. The maximum atomic E-state index is 8.67. The van der Waals surface area contributed by atoms with Crippen LogP contribution in [-0.2, 0) is 0 Å². The van der Waals surface area contributed by atoms with Gasteiger partial charge < -0.3 is 10.5 Å². The molecule has 8 heavy (non-hydrogen) atoms. The van der Waals surface area contributed by atoms with Crippen molar-refractivity contribution in [3.8, 4) is 0 Å². The van der Waals surface area contributed by atoms with E-state index in [0.717, 1.165) is 5.70 Å². The van der Waals surface area contributed by atoms with Crippen LogP contribution in [0.4, 0.5) is 0 Å². The van der Waals surface area contributed by atoms with Gasteiger partial charge >= 0.3 is 0 Å². The second kappa shape index (κ2) is 1.78. The first-order valence-corrected chi connectivity index (χ1v) is 2.38. The Morgan fingerprint density at radius 3 is 2.50 bits per heavy atom. The zero-order valence-electron chi connectivity index (χ0n) is 4.60. The summed E-state index contributed by atoms with van der Waals surface area (Å²) in [5.74, 6) is 0.149. The molecule has 0 radical (unpaired) electrons. The first-order chi connectivity index (χ1) is 3.79. The second-order valence-electron chi connectivity index (χ2n) is 1.65. The summed E-state index contributed by atoms with van der Waals surface area (Å²) in [5.41, 5.74) is 6.24. The summed E-state index contributed by atoms with van der Waals surface area (Å²) in [6.07, 6.45) is 3.37. The highest BCUT2D eigenvalue weighted by Gasteiger charge is 1.93. The Bertz CT molecular complexity index is 131. The van der Waals surface area contributed by atoms with Crippen molar-refractivity contribution in [1.82, 2.24) is 10.9 Å². The van der Waals surface area contributed by atoms with Crippen LogP contribution < -0.4 is 10.9 Å². The minimum Gasteiger partial charge on any atom is -0.494 e. The van der Waals surface area contributed by atoms with Crippen LogP contribution in [0.25, 0.3) is 0 Å². The normalized spacial score (nSPS) is 17.6. The summed E-state index contributed by atoms with van der Waals surface area (Å²) >= 11 is 0. The Hall–Kier alpha value is -1.12. The molecule has 0 spiro atoms. The van der Waals surface area contributed by atoms with E-state index in [0.29, 0.717) is 0 Å². The van der Waals surface area contributed by atoms with Crippen molar-refractivity contribution in [2.75, 3.05) is 0 Å². The van der Waals surface area contributed by atoms with E-state index >= 15 is 0 Å². The van der Waals surface area contributed by atoms with Crippen molar-refractivity contribution >= 4 is 0 Å². The molecule has 1 heterocycles. The van der Waals surface area contributed by atoms with E-state index in [1.54, 1.807) is 12.2 Å². The van der Waals surface area contributed by atoms with Crippen LogP contribution in [-0.4, -0.2) is 5.11 Å². The zero-order chi connectivity index (χ0) is 5.98. The fraction of sp³-hybridized carbons (Fsp3) is 0.200. The molecule has 3 N–H and O–H groups in total. The Morgan fingerprint density at radius 1 is 1.38 bits per heavy atom. The van der Waals surface area contributed by atoms with E-state index in [4.69, 9.17) is 5.11 Å². The van der Waals surface area contributed by atoms with Gasteiger partial charge in [0, 0.05) is 11.8 Å². The van der Waals surface area contributed by atoms with E-state index in [2.05, 4.69) is 10.9 Å². The predicted octanol–water partition coefficient (Wildman–Crippen LogP) is 0.397. The van der Waals surface area contributed by atoms with Gasteiger partial charge in [-0.2, -0.15) is 0 Å². The summed E-state index contributed by atoms with van der Waals surface area (Å²) in [6, 6.07) is 0. The lowest BCUT2D eigenvalue weighted by atomic mass is 10.4. The van der Waals surface area contributed by atoms with E-state index < -0.39 is 0 Å². The van der Waals surface area contributed by atoms with Crippen LogP contribution in [0, 0.1) is 0 Å². The van der Waals surface area contributed by atoms with Gasteiger partial charge in [-0.1, -0.05) is 0 Å². The fourth-order valence-electron chi connectivity index (χ4n) is 0.450. The fourth-order valence-corrected chi connectivity index (χ4v) is 0.450. The van der Waals surface area contributed by atoms with Gasteiger partial charge in [0.25, 0.3) is 0 Å². The molecule has 0 aromatic heterocycles. The molecule has 1 rings (SSSR count). The van der Waals surface area contributed by atoms with Gasteiger partial charge in [0.1, 0.15) is 0 Å². The molecule has 0 atom stereocenters. The van der Waals surface area contributed by atoms with Gasteiger partial charge in [-0.3, -0.25) is 5.43 Å². The Balaban J connectivity index is 2.65. The van der Waals surface area contributed by atoms with Crippen molar-refractivity contribution in [3.05, 3.63) is 23.7 Å². The summed E-state index contributed by atoms with van der Waals surface area (Å²) < 4.78 is 0. The van der Waals surface area contributed by atoms with E-state index in [9.17, 15) is 0 Å². The van der Waals surface area contributed by atoms with E-state index in [-0.39, 0.29) is 5.88 Å². The lowest BCUT2D eigenvalue weighted by Crippen LogP contribution is -2.31. The van der Waals surface area contributed by atoms with Crippen LogP contribution in [0.15, 0.2) is 23.7 Å². The second-order valence-corrected chi connectivity index (χ2v) is 1.65. The van der Waals surface area contributed by atoms with Crippen LogP contribution in [0.1, 0.15) is 6.92 Å². The minimum atomic E-state index is 0.149. The molecular formula is C5H8N2O. The quantitative estimate of drug-likeness (QED) is 0.425. The molecule has 0 unspecified atom stereocenters. The van der Waals surface area contributed by atoms with Crippen LogP contribution in [0.2, 0.25) is 0 Å². The summed E-state index contributed by atoms with van der Waals surface area (Å²) in [6.45, 7) is 1.90. The molecule has 3 heteroatoms. The maximum Gasteiger partial charge on any atom is 0.203 e. The van der Waals surface area contributed by atoms with Gasteiger partial charge in [-0.05, 0) is 13.0 Å². The molecule has 0 saturated heterocycles. The number of allylic oxidation sites excluding steroid dienone is 3. The minimum absolute atomic E-state index is 0.149. The molecule has 0 aromatic rings. The summed E-state index contributed by atoms with van der Waals surface area (Å²) in [5, 5.41) is 8.67. The Labute approximate surface area is 47.7 Å². The zero-order valence-corrected chi connectivity index (χ0v) is 4.60. The van der Waals surface area contributed by atoms with Crippen molar-refractivity contribution in [1.29, 1.82) is 0 Å². The largest absolute Gasteiger partial charge is 0.494 e. The van der Waals surface area contributed by atoms with Gasteiger partial charge in [0.05, 0.1) is 0 Å². The topological polar surface area (TPSA) is 44.3 Å². The number of aliphatic hydroxyl groups is 1. The van der Waals surface area contributed by atoms with Gasteiger partial charge in [-0.15, -0.1) is 0 Å². The maximum absolute atomic E-state index is 8.67. The monoisotopic (exact) mass is 112 g/mol. The van der Waals surface area contributed by atoms with Gasteiger partial charge in [0.15, 0.2) is 0 Å². The molecule has 0 aromatic carbocycles. The molecule has 0 saturated carbocycles. The molecule has 0 fully saturated rings. The molecule has 0 bridgehead atoms. The predicted molar refractivity (Wildman–Crippen MR) is 30.7 cm³/mol. The highest BCUT2D eigenvalue weighted by Crippen LogP contribution is 1.93. The molecule has 0 amide bonds. The molecule has 0 aliphatic carbocycles. The first-order valence-electron chi connectivity index (χ1n) is 2.38. The number of aliphatic hydroxyl groups excluding tert-OH is 1. The summed E-state index contributed by atoms with van der Waals surface area (Å²) in [4.78, 5) is 0. The van der Waals surface area contributed by atoms with Crippen molar-refractivity contribution in [3.63, 3.8) is 0 Å². The third kappa shape index (κ3) is 0.932. The van der Waals surface area contributed by atoms with Crippen molar-refractivity contribution < 1.29 is 5.11 Å².